The summed E-state index contributed by atoms with van der Waals surface area (Å²) in [4.78, 5) is 36.2. The minimum Gasteiger partial charge on any atom is -0.477 e. The number of aromatic carboxylic acids is 1. The Kier molecular flexibility index (Phi) is 7.69. The van der Waals surface area contributed by atoms with Crippen LogP contribution in [0.1, 0.15) is 29.4 Å². The minimum atomic E-state index is -3.75. The third-order valence-corrected chi connectivity index (χ3v) is 6.31. The number of amides is 1. The Balaban J connectivity index is 2.22. The Morgan fingerprint density at radius 3 is 2.54 bits per heavy atom. The van der Waals surface area contributed by atoms with E-state index in [1.54, 1.807) is 25.1 Å². The third-order valence-electron chi connectivity index (χ3n) is 3.81. The number of hydrogen-bond donors (Lipinski definition) is 5. The Hall–Kier alpha value is -1.83. The lowest BCUT2D eigenvalue weighted by Gasteiger charge is -2.22. The van der Waals surface area contributed by atoms with Crippen molar-refractivity contribution in [3.63, 3.8) is 0 Å². The highest BCUT2D eigenvalue weighted by atomic mass is 35.5. The number of halogens is 2. The molecule has 28 heavy (non-hydrogen) atoms. The Morgan fingerprint density at radius 2 is 1.96 bits per heavy atom. The van der Waals surface area contributed by atoms with Crippen molar-refractivity contribution in [2.24, 2.45) is 0 Å². The van der Waals surface area contributed by atoms with Gasteiger partial charge in [-0.1, -0.05) is 36.2 Å². The van der Waals surface area contributed by atoms with Gasteiger partial charge < -0.3 is 20.3 Å². The number of rotatable bonds is 9. The number of hydrogen-bond acceptors (Lipinski definition) is 3. The molecule has 2 aromatic rings. The van der Waals surface area contributed by atoms with Crippen LogP contribution < -0.4 is 10.4 Å². The maximum Gasteiger partial charge on any atom is 0.352 e. The van der Waals surface area contributed by atoms with Crippen LogP contribution >= 0.6 is 30.7 Å². The molecule has 1 amide bonds. The zero-order valence-electron chi connectivity index (χ0n) is 14.9. The van der Waals surface area contributed by atoms with Crippen LogP contribution in [0, 0.1) is 0 Å². The molecule has 5 N–H and O–H groups in total. The van der Waals surface area contributed by atoms with Crippen molar-refractivity contribution in [2.45, 2.75) is 25.8 Å². The molecule has 0 aliphatic rings. The number of carboxylic acid groups (broad SMARTS) is 1. The van der Waals surface area contributed by atoms with Crippen molar-refractivity contribution in [3.05, 3.63) is 51.8 Å². The zero-order valence-corrected chi connectivity index (χ0v) is 17.3. The van der Waals surface area contributed by atoms with Crippen LogP contribution in [0.3, 0.4) is 0 Å². The summed E-state index contributed by atoms with van der Waals surface area (Å²) in [5, 5.41) is 14.7. The van der Waals surface area contributed by atoms with Crippen LogP contribution in [0.2, 0.25) is 10.0 Å². The summed E-state index contributed by atoms with van der Waals surface area (Å²) in [6.45, 7) is 1.76. The Labute approximate surface area is 171 Å². The summed E-state index contributed by atoms with van der Waals surface area (Å²) in [7, 11) is -3.75. The molecule has 0 spiro atoms. The zero-order chi connectivity index (χ0) is 20.9. The normalized spacial score (nSPS) is 14.3. The molecule has 2 atom stereocenters. The summed E-state index contributed by atoms with van der Waals surface area (Å²) < 4.78 is 12.3. The molecule has 11 heteroatoms. The number of aromatic nitrogens is 1. The quantitative estimate of drug-likeness (QED) is 0.372. The number of benzene rings is 1. The van der Waals surface area contributed by atoms with Gasteiger partial charge in [-0.15, -0.1) is 0 Å². The van der Waals surface area contributed by atoms with Gasteiger partial charge in [-0.05, 0) is 36.6 Å². The van der Waals surface area contributed by atoms with E-state index in [2.05, 4.69) is 15.4 Å². The first kappa shape index (κ1) is 22.5. The molecule has 0 saturated carbocycles. The van der Waals surface area contributed by atoms with E-state index in [1.807, 2.05) is 0 Å². The highest BCUT2D eigenvalue weighted by molar-refractivity contribution is 7.55. The van der Waals surface area contributed by atoms with Gasteiger partial charge in [0, 0.05) is 12.4 Å². The second-order valence-electron chi connectivity index (χ2n) is 6.16. The molecule has 1 aromatic heterocycles. The summed E-state index contributed by atoms with van der Waals surface area (Å²) in [6, 6.07) is 5.01. The summed E-state index contributed by atoms with van der Waals surface area (Å²) in [5.41, 5.74) is 0.772. The molecular formula is C17H20Cl2N3O5P. The lowest BCUT2D eigenvalue weighted by Crippen LogP contribution is -2.40. The highest BCUT2D eigenvalue weighted by Crippen LogP contribution is 2.37. The van der Waals surface area contributed by atoms with E-state index in [9.17, 15) is 19.0 Å². The molecule has 0 radical (unpaired) electrons. The van der Waals surface area contributed by atoms with Crippen LogP contribution in [0.4, 0.5) is 5.69 Å². The van der Waals surface area contributed by atoms with E-state index < -0.39 is 25.4 Å². The monoisotopic (exact) mass is 447 g/mol. The lowest BCUT2D eigenvalue weighted by atomic mass is 10.1. The molecule has 8 nitrogen and oxygen atoms in total. The van der Waals surface area contributed by atoms with E-state index in [0.29, 0.717) is 22.0 Å². The fourth-order valence-corrected chi connectivity index (χ4v) is 4.28. The SMILES string of the molecule is CCCP(=O)(O)N[C@@H](Cc1ccc(Cl)c(Cl)c1)C(=O)Nc1c[nH]c(C(=O)O)c1. The largest absolute Gasteiger partial charge is 0.477 e. The number of nitrogens with one attached hydrogen (secondary N) is 3. The van der Waals surface area contributed by atoms with Gasteiger partial charge in [0.15, 0.2) is 0 Å². The van der Waals surface area contributed by atoms with Crippen LogP contribution in [0.15, 0.2) is 30.5 Å². The fraction of sp³-hybridized carbons (Fsp3) is 0.294. The predicted molar refractivity (Wildman–Crippen MR) is 108 cm³/mol. The number of H-pyrrole nitrogens is 1. The maximum atomic E-state index is 12.7. The number of carboxylic acids is 1. The van der Waals surface area contributed by atoms with Crippen LogP contribution in [0.5, 0.6) is 0 Å². The minimum absolute atomic E-state index is 0.00543. The molecule has 1 aromatic carbocycles. The van der Waals surface area contributed by atoms with Crippen molar-refractivity contribution in [1.29, 1.82) is 0 Å². The maximum absolute atomic E-state index is 12.7. The van der Waals surface area contributed by atoms with Crippen molar-refractivity contribution >= 4 is 48.3 Å². The molecule has 0 saturated heterocycles. The second kappa shape index (κ2) is 9.58. The molecule has 152 valence electrons. The van der Waals surface area contributed by atoms with E-state index >= 15 is 0 Å². The number of carbonyl (C=O) groups is 2. The van der Waals surface area contributed by atoms with Gasteiger partial charge in [-0.3, -0.25) is 9.36 Å². The molecule has 0 bridgehead atoms. The van der Waals surface area contributed by atoms with E-state index in [0.717, 1.165) is 0 Å². The third kappa shape index (κ3) is 6.36. The fourth-order valence-electron chi connectivity index (χ4n) is 2.53. The van der Waals surface area contributed by atoms with Crippen LogP contribution in [0.25, 0.3) is 0 Å². The molecule has 0 fully saturated rings. The van der Waals surface area contributed by atoms with Crippen molar-refractivity contribution < 1.29 is 24.2 Å². The first-order valence-electron chi connectivity index (χ1n) is 8.37. The number of anilines is 1. The first-order valence-corrected chi connectivity index (χ1v) is 11.0. The van der Waals surface area contributed by atoms with E-state index in [4.69, 9.17) is 28.3 Å². The van der Waals surface area contributed by atoms with Crippen molar-refractivity contribution in [3.8, 4) is 0 Å². The van der Waals surface area contributed by atoms with Gasteiger partial charge in [0.25, 0.3) is 7.52 Å². The Bertz CT molecular complexity index is 918. The van der Waals surface area contributed by atoms with Crippen LogP contribution in [-0.2, 0) is 15.8 Å². The van der Waals surface area contributed by atoms with Gasteiger partial charge in [-0.25, -0.2) is 9.88 Å². The summed E-state index contributed by atoms with van der Waals surface area (Å²) >= 11 is 11.9. The topological polar surface area (TPSA) is 132 Å². The molecule has 1 unspecified atom stereocenters. The van der Waals surface area contributed by atoms with Gasteiger partial charge in [-0.2, -0.15) is 0 Å². The molecule has 1 heterocycles. The number of aromatic amines is 1. The standard InChI is InChI=1S/C17H20Cl2N3O5P/c1-2-5-28(26,27)22-14(7-10-3-4-12(18)13(19)6-10)16(23)21-11-8-15(17(24)25)20-9-11/h3-4,6,8-9,14,20H,2,5,7H2,1H3,(H,21,23)(H,24,25)(H2,22,26,27)/t14-/m0/s1. The Morgan fingerprint density at radius 1 is 1.25 bits per heavy atom. The van der Waals surface area contributed by atoms with Crippen molar-refractivity contribution in [2.75, 3.05) is 11.5 Å². The predicted octanol–water partition coefficient (Wildman–Crippen LogP) is 3.75. The van der Waals surface area contributed by atoms with Gasteiger partial charge in [0.05, 0.1) is 21.8 Å². The molecule has 2 rings (SSSR count). The molecule has 0 aliphatic carbocycles. The smallest absolute Gasteiger partial charge is 0.352 e. The average Bonchev–Trinajstić information content (AvgIpc) is 3.06. The van der Waals surface area contributed by atoms with E-state index in [1.165, 1.54) is 12.3 Å². The molecule has 0 aliphatic heterocycles. The van der Waals surface area contributed by atoms with Crippen molar-refractivity contribution in [1.82, 2.24) is 10.1 Å². The van der Waals surface area contributed by atoms with E-state index in [-0.39, 0.29) is 24.0 Å². The lowest BCUT2D eigenvalue weighted by molar-refractivity contribution is -0.117. The number of carbonyl (C=O) groups excluding carboxylic acids is 1. The van der Waals surface area contributed by atoms with Gasteiger partial charge in [0.2, 0.25) is 5.91 Å². The first-order chi connectivity index (χ1) is 13.1. The summed E-state index contributed by atoms with van der Waals surface area (Å²) in [6.07, 6.45) is 1.86. The van der Waals surface area contributed by atoms with Crippen LogP contribution in [-0.4, -0.2) is 39.1 Å². The highest BCUT2D eigenvalue weighted by Gasteiger charge is 2.28. The second-order valence-corrected chi connectivity index (χ2v) is 9.08. The van der Waals surface area contributed by atoms with Gasteiger partial charge in [0.1, 0.15) is 5.69 Å². The molecular weight excluding hydrogens is 428 g/mol. The van der Waals surface area contributed by atoms with Gasteiger partial charge >= 0.3 is 5.97 Å². The average molecular weight is 448 g/mol. The summed E-state index contributed by atoms with van der Waals surface area (Å²) in [5.74, 6) is -1.76.